The van der Waals surface area contributed by atoms with Crippen molar-refractivity contribution in [2.45, 2.75) is 39.2 Å². The second kappa shape index (κ2) is 7.09. The van der Waals surface area contributed by atoms with Gasteiger partial charge in [-0.15, -0.1) is 0 Å². The molecule has 1 N–H and O–H groups in total. The molecule has 3 rings (SSSR count). The van der Waals surface area contributed by atoms with Crippen molar-refractivity contribution < 1.29 is 9.59 Å². The van der Waals surface area contributed by atoms with Crippen LogP contribution in [0.2, 0.25) is 0 Å². The third-order valence-electron chi connectivity index (χ3n) is 4.38. The summed E-state index contributed by atoms with van der Waals surface area (Å²) in [5.41, 5.74) is 3.50. The van der Waals surface area contributed by atoms with Crippen LogP contribution in [-0.2, 0) is 11.2 Å². The highest BCUT2D eigenvalue weighted by molar-refractivity contribution is 5.97. The number of likely N-dealkylation sites (N-methyl/N-ethyl adjacent to an activating group) is 1. The molecule has 132 valence electrons. The monoisotopic (exact) mass is 340 g/mol. The second-order valence-electron chi connectivity index (χ2n) is 6.61. The van der Waals surface area contributed by atoms with Gasteiger partial charge in [-0.2, -0.15) is 5.10 Å². The van der Waals surface area contributed by atoms with Crippen LogP contribution in [-0.4, -0.2) is 46.1 Å². The van der Waals surface area contributed by atoms with E-state index in [9.17, 15) is 9.59 Å². The topological polar surface area (TPSA) is 67.2 Å². The molecule has 2 amide bonds. The fourth-order valence-corrected chi connectivity index (χ4v) is 2.79. The van der Waals surface area contributed by atoms with E-state index in [0.29, 0.717) is 18.0 Å². The normalized spacial score (nSPS) is 13.6. The molecule has 0 radical (unpaired) electrons. The molecule has 1 aromatic carbocycles. The van der Waals surface area contributed by atoms with Gasteiger partial charge in [-0.05, 0) is 38.3 Å². The highest BCUT2D eigenvalue weighted by Crippen LogP contribution is 2.19. The first-order chi connectivity index (χ1) is 12.0. The highest BCUT2D eigenvalue weighted by atomic mass is 16.2. The summed E-state index contributed by atoms with van der Waals surface area (Å²) in [7, 11) is 1.65. The maximum atomic E-state index is 12.8. The van der Waals surface area contributed by atoms with Crippen molar-refractivity contribution in [3.63, 3.8) is 0 Å². The predicted octanol–water partition coefficient (Wildman–Crippen LogP) is 2.09. The Bertz CT molecular complexity index is 775. The van der Waals surface area contributed by atoms with Gasteiger partial charge in [0, 0.05) is 13.1 Å². The first kappa shape index (κ1) is 17.2. The third-order valence-corrected chi connectivity index (χ3v) is 4.38. The number of aromatic nitrogens is 2. The van der Waals surface area contributed by atoms with Crippen molar-refractivity contribution in [3.8, 4) is 5.69 Å². The van der Waals surface area contributed by atoms with Crippen molar-refractivity contribution in [1.29, 1.82) is 0 Å². The van der Waals surface area contributed by atoms with Crippen LogP contribution in [0.15, 0.2) is 30.5 Å². The molecule has 25 heavy (non-hydrogen) atoms. The van der Waals surface area contributed by atoms with Gasteiger partial charge in [0.25, 0.3) is 5.91 Å². The van der Waals surface area contributed by atoms with Crippen LogP contribution in [0.4, 0.5) is 0 Å². The van der Waals surface area contributed by atoms with Gasteiger partial charge in [-0.3, -0.25) is 9.59 Å². The summed E-state index contributed by atoms with van der Waals surface area (Å²) in [6.07, 6.45) is 4.34. The summed E-state index contributed by atoms with van der Waals surface area (Å²) >= 11 is 0. The zero-order chi connectivity index (χ0) is 18.0. The number of hydrogen-bond donors (Lipinski definition) is 1. The molecule has 2 aromatic rings. The van der Waals surface area contributed by atoms with Crippen molar-refractivity contribution in [2.24, 2.45) is 0 Å². The van der Waals surface area contributed by atoms with Crippen molar-refractivity contribution >= 4 is 11.8 Å². The summed E-state index contributed by atoms with van der Waals surface area (Å²) in [4.78, 5) is 26.1. The maximum Gasteiger partial charge on any atom is 0.257 e. The van der Waals surface area contributed by atoms with E-state index in [2.05, 4.69) is 10.4 Å². The molecule has 6 heteroatoms. The molecule has 1 fully saturated rings. The van der Waals surface area contributed by atoms with Crippen molar-refractivity contribution in [2.75, 3.05) is 13.6 Å². The molecule has 0 saturated heterocycles. The first-order valence-electron chi connectivity index (χ1n) is 8.68. The molecule has 1 heterocycles. The van der Waals surface area contributed by atoms with Gasteiger partial charge < -0.3 is 10.2 Å². The van der Waals surface area contributed by atoms with Gasteiger partial charge in [0.05, 0.1) is 29.7 Å². The van der Waals surface area contributed by atoms with Crippen LogP contribution in [0.5, 0.6) is 0 Å². The number of carbonyl (C=O) groups is 2. The largest absolute Gasteiger partial charge is 0.352 e. The zero-order valence-electron chi connectivity index (χ0n) is 15.0. The average molecular weight is 340 g/mol. The minimum absolute atomic E-state index is 0.0637. The van der Waals surface area contributed by atoms with E-state index in [1.54, 1.807) is 17.9 Å². The van der Waals surface area contributed by atoms with Gasteiger partial charge in [0.1, 0.15) is 0 Å². The first-order valence-corrected chi connectivity index (χ1v) is 8.68. The lowest BCUT2D eigenvalue weighted by atomic mass is 10.1. The molecule has 6 nitrogen and oxygen atoms in total. The third kappa shape index (κ3) is 3.90. The van der Waals surface area contributed by atoms with Crippen LogP contribution in [0.3, 0.4) is 0 Å². The number of aryl methyl sites for hydroxylation is 1. The summed E-state index contributed by atoms with van der Waals surface area (Å²) in [6, 6.07) is 8.32. The van der Waals surface area contributed by atoms with Crippen molar-refractivity contribution in [1.82, 2.24) is 20.0 Å². The number of nitrogens with zero attached hydrogens (tertiary/aromatic N) is 3. The molecule has 0 spiro atoms. The van der Waals surface area contributed by atoms with Gasteiger partial charge in [-0.1, -0.05) is 24.6 Å². The summed E-state index contributed by atoms with van der Waals surface area (Å²) in [5.74, 6) is -0.288. The Morgan fingerprint density at radius 2 is 1.96 bits per heavy atom. The Labute approximate surface area is 147 Å². The second-order valence-corrected chi connectivity index (χ2v) is 6.61. The number of carbonyl (C=O) groups excluding carboxylic acids is 2. The molecule has 1 aliphatic carbocycles. The van der Waals surface area contributed by atoms with E-state index >= 15 is 0 Å². The number of rotatable bonds is 6. The van der Waals surface area contributed by atoms with E-state index < -0.39 is 0 Å². The zero-order valence-corrected chi connectivity index (χ0v) is 15.0. The lowest BCUT2D eigenvalue weighted by molar-refractivity contribution is -0.121. The number of amides is 2. The molecule has 0 bridgehead atoms. The predicted molar refractivity (Wildman–Crippen MR) is 95.8 cm³/mol. The van der Waals surface area contributed by atoms with E-state index in [0.717, 1.165) is 24.2 Å². The van der Waals surface area contributed by atoms with Gasteiger partial charge >= 0.3 is 0 Å². The quantitative estimate of drug-likeness (QED) is 0.876. The van der Waals surface area contributed by atoms with Gasteiger partial charge in [0.2, 0.25) is 5.91 Å². The fraction of sp³-hybridized carbons (Fsp3) is 0.421. The van der Waals surface area contributed by atoms with Crippen LogP contribution in [0, 0.1) is 6.92 Å². The molecular weight excluding hydrogens is 316 g/mol. The standard InChI is InChI=1S/C19H24N4O2/c1-4-17-16(11-20-23(17)15-9-5-13(2)6-10-15)19(25)22(3)12-18(24)21-14-7-8-14/h5-6,9-11,14H,4,7-8,12H2,1-3H3,(H,21,24). The Morgan fingerprint density at radius 1 is 1.28 bits per heavy atom. The smallest absolute Gasteiger partial charge is 0.257 e. The number of nitrogens with one attached hydrogen (secondary N) is 1. The van der Waals surface area contributed by atoms with Gasteiger partial charge in [-0.25, -0.2) is 4.68 Å². The fourth-order valence-electron chi connectivity index (χ4n) is 2.79. The Balaban J connectivity index is 1.77. The van der Waals surface area contributed by atoms with E-state index in [-0.39, 0.29) is 18.4 Å². The number of benzene rings is 1. The summed E-state index contributed by atoms with van der Waals surface area (Å²) in [5, 5.41) is 7.30. The molecule has 0 aliphatic heterocycles. The summed E-state index contributed by atoms with van der Waals surface area (Å²) < 4.78 is 1.80. The van der Waals surface area contributed by atoms with E-state index in [1.807, 2.05) is 38.1 Å². The Kier molecular flexibility index (Phi) is 4.88. The lowest BCUT2D eigenvalue weighted by Gasteiger charge is -2.17. The van der Waals surface area contributed by atoms with Crippen LogP contribution < -0.4 is 5.32 Å². The lowest BCUT2D eigenvalue weighted by Crippen LogP contribution is -2.39. The Hall–Kier alpha value is -2.63. The van der Waals surface area contributed by atoms with E-state index in [4.69, 9.17) is 0 Å². The van der Waals surface area contributed by atoms with Gasteiger partial charge in [0.15, 0.2) is 0 Å². The molecule has 0 unspecified atom stereocenters. The SMILES string of the molecule is CCc1c(C(=O)N(C)CC(=O)NC2CC2)cnn1-c1ccc(C)cc1. The number of hydrogen-bond acceptors (Lipinski definition) is 3. The minimum atomic E-state index is -0.179. The Morgan fingerprint density at radius 3 is 2.56 bits per heavy atom. The molecule has 1 aliphatic rings. The van der Waals surface area contributed by atoms with Crippen LogP contribution >= 0.6 is 0 Å². The van der Waals surface area contributed by atoms with Crippen LogP contribution in [0.25, 0.3) is 5.69 Å². The molecular formula is C19H24N4O2. The maximum absolute atomic E-state index is 12.8. The van der Waals surface area contributed by atoms with Crippen molar-refractivity contribution in [3.05, 3.63) is 47.3 Å². The average Bonchev–Trinajstić information content (AvgIpc) is 3.29. The summed E-state index contributed by atoms with van der Waals surface area (Å²) in [6.45, 7) is 4.09. The minimum Gasteiger partial charge on any atom is -0.352 e. The van der Waals surface area contributed by atoms with Crippen LogP contribution in [0.1, 0.15) is 41.4 Å². The molecule has 0 atom stereocenters. The highest BCUT2D eigenvalue weighted by Gasteiger charge is 2.26. The van der Waals surface area contributed by atoms with E-state index in [1.165, 1.54) is 10.5 Å². The molecule has 1 aromatic heterocycles. The molecule has 1 saturated carbocycles.